The number of urea groups is 1. The van der Waals surface area contributed by atoms with Crippen LogP contribution in [-0.4, -0.2) is 25.4 Å². The van der Waals surface area contributed by atoms with Gasteiger partial charge in [0.15, 0.2) is 0 Å². The lowest BCUT2D eigenvalue weighted by atomic mass is 10.2. The smallest absolute Gasteiger partial charge is 0.319 e. The van der Waals surface area contributed by atoms with Crippen molar-refractivity contribution in [2.75, 3.05) is 5.32 Å². The molecule has 0 radical (unpaired) electrons. The van der Waals surface area contributed by atoms with Crippen molar-refractivity contribution >= 4 is 11.7 Å². The number of carbonyl (C=O) groups is 1. The quantitative estimate of drug-likeness (QED) is 0.702. The molecule has 0 saturated heterocycles. The minimum absolute atomic E-state index is 0.104. The summed E-state index contributed by atoms with van der Waals surface area (Å²) >= 11 is 0. The third kappa shape index (κ3) is 4.16. The van der Waals surface area contributed by atoms with Crippen molar-refractivity contribution in [1.29, 1.82) is 0 Å². The molecule has 140 valence electrons. The van der Waals surface area contributed by atoms with Gasteiger partial charge in [0.05, 0.1) is 24.5 Å². The number of amides is 2. The molecule has 0 spiro atoms. The Hall–Kier alpha value is -3.16. The van der Waals surface area contributed by atoms with Crippen LogP contribution >= 0.6 is 0 Å². The van der Waals surface area contributed by atoms with Crippen molar-refractivity contribution < 1.29 is 9.18 Å². The molecule has 27 heavy (non-hydrogen) atoms. The zero-order valence-electron chi connectivity index (χ0n) is 15.0. The molecule has 0 unspecified atom stereocenters. The van der Waals surface area contributed by atoms with Gasteiger partial charge in [-0.3, -0.25) is 4.68 Å². The fraction of sp³-hybridized carbons (Fsp3) is 0.316. The molecule has 2 aromatic heterocycles. The average Bonchev–Trinajstić information content (AvgIpc) is 3.25. The van der Waals surface area contributed by atoms with Crippen LogP contribution in [0.5, 0.6) is 0 Å². The number of rotatable bonds is 6. The fourth-order valence-corrected chi connectivity index (χ4v) is 3.14. The number of hydrogen-bond acceptors (Lipinski definition) is 3. The Balaban J connectivity index is 1.38. The molecule has 1 atom stereocenters. The Kier molecular flexibility index (Phi) is 4.62. The first-order valence-corrected chi connectivity index (χ1v) is 8.90. The van der Waals surface area contributed by atoms with Gasteiger partial charge in [0.25, 0.3) is 0 Å². The summed E-state index contributed by atoms with van der Waals surface area (Å²) in [7, 11) is 1.92. The molecule has 1 aliphatic carbocycles. The lowest BCUT2D eigenvalue weighted by molar-refractivity contribution is 0.246. The van der Waals surface area contributed by atoms with Crippen LogP contribution in [0.25, 0.3) is 0 Å². The zero-order chi connectivity index (χ0) is 18.8. The summed E-state index contributed by atoms with van der Waals surface area (Å²) in [6.45, 7) is 0.430. The molecular formula is C19H21FN6O. The third-order valence-electron chi connectivity index (χ3n) is 4.64. The molecule has 1 aliphatic rings. The number of nitrogens with zero attached hydrogens (tertiary/aromatic N) is 4. The Morgan fingerprint density at radius 3 is 2.96 bits per heavy atom. The van der Waals surface area contributed by atoms with E-state index in [2.05, 4.69) is 20.7 Å². The number of aromatic nitrogens is 4. The molecule has 1 fully saturated rings. The van der Waals surface area contributed by atoms with Crippen LogP contribution in [0.3, 0.4) is 0 Å². The van der Waals surface area contributed by atoms with Crippen LogP contribution in [0.1, 0.15) is 30.3 Å². The van der Waals surface area contributed by atoms with E-state index in [0.29, 0.717) is 18.2 Å². The van der Waals surface area contributed by atoms with Gasteiger partial charge in [0.2, 0.25) is 0 Å². The van der Waals surface area contributed by atoms with Crippen LogP contribution in [0.15, 0.2) is 49.1 Å². The highest BCUT2D eigenvalue weighted by atomic mass is 19.1. The van der Waals surface area contributed by atoms with Gasteiger partial charge in [-0.05, 0) is 36.5 Å². The van der Waals surface area contributed by atoms with E-state index < -0.39 is 0 Å². The van der Waals surface area contributed by atoms with E-state index in [9.17, 15) is 9.18 Å². The first-order chi connectivity index (χ1) is 13.1. The van der Waals surface area contributed by atoms with Crippen LogP contribution in [-0.2, 0) is 13.6 Å². The number of hydrogen-bond donors (Lipinski definition) is 2. The van der Waals surface area contributed by atoms with E-state index in [1.165, 1.54) is 12.1 Å². The van der Waals surface area contributed by atoms with Gasteiger partial charge in [-0.2, -0.15) is 5.10 Å². The van der Waals surface area contributed by atoms with Crippen molar-refractivity contribution in [1.82, 2.24) is 24.6 Å². The Morgan fingerprint density at radius 2 is 2.26 bits per heavy atom. The molecule has 8 heteroatoms. The third-order valence-corrected chi connectivity index (χ3v) is 4.64. The summed E-state index contributed by atoms with van der Waals surface area (Å²) in [4.78, 5) is 16.8. The second-order valence-electron chi connectivity index (χ2n) is 6.87. The van der Waals surface area contributed by atoms with Crippen molar-refractivity contribution in [2.45, 2.75) is 25.4 Å². The predicted octanol–water partition coefficient (Wildman–Crippen LogP) is 3.08. The molecule has 2 amide bonds. The van der Waals surface area contributed by atoms with E-state index in [1.807, 2.05) is 23.9 Å². The highest BCUT2D eigenvalue weighted by Crippen LogP contribution is 2.40. The van der Waals surface area contributed by atoms with Crippen LogP contribution in [0.2, 0.25) is 0 Å². The van der Waals surface area contributed by atoms with Crippen molar-refractivity contribution in [2.24, 2.45) is 13.0 Å². The lowest BCUT2D eigenvalue weighted by Gasteiger charge is -2.18. The minimum atomic E-state index is -0.291. The molecule has 0 aliphatic heterocycles. The normalized spacial score (nSPS) is 14.7. The van der Waals surface area contributed by atoms with E-state index in [-0.39, 0.29) is 17.9 Å². The topological polar surface area (TPSA) is 76.8 Å². The minimum Gasteiger partial charge on any atom is -0.336 e. The van der Waals surface area contributed by atoms with Crippen molar-refractivity contribution in [3.63, 3.8) is 0 Å². The van der Waals surface area contributed by atoms with Crippen molar-refractivity contribution in [3.8, 4) is 0 Å². The maximum atomic E-state index is 13.3. The zero-order valence-corrected chi connectivity index (χ0v) is 15.0. The molecule has 4 rings (SSSR count). The fourth-order valence-electron chi connectivity index (χ4n) is 3.14. The van der Waals surface area contributed by atoms with E-state index >= 15 is 0 Å². The SMILES string of the molecule is Cn1ccnc1[C@H](NC(=O)Nc1cnn(Cc2cccc(F)c2)c1)C1CC1. The van der Waals surface area contributed by atoms with E-state index in [4.69, 9.17) is 0 Å². The Labute approximate surface area is 156 Å². The van der Waals surface area contributed by atoms with E-state index in [0.717, 1.165) is 24.2 Å². The van der Waals surface area contributed by atoms with Gasteiger partial charge in [0.1, 0.15) is 11.6 Å². The van der Waals surface area contributed by atoms with E-state index in [1.54, 1.807) is 29.3 Å². The number of carbonyl (C=O) groups excluding carboxylic acids is 1. The van der Waals surface area contributed by atoms with Gasteiger partial charge in [-0.15, -0.1) is 0 Å². The highest BCUT2D eigenvalue weighted by Gasteiger charge is 2.35. The van der Waals surface area contributed by atoms with Gasteiger partial charge in [0, 0.05) is 25.6 Å². The predicted molar refractivity (Wildman–Crippen MR) is 98.6 cm³/mol. The Bertz CT molecular complexity index is 945. The Morgan fingerprint density at radius 1 is 1.41 bits per heavy atom. The number of anilines is 1. The first-order valence-electron chi connectivity index (χ1n) is 8.90. The average molecular weight is 368 g/mol. The molecular weight excluding hydrogens is 347 g/mol. The summed E-state index contributed by atoms with van der Waals surface area (Å²) < 4.78 is 16.9. The summed E-state index contributed by atoms with van der Waals surface area (Å²) in [5, 5.41) is 10.0. The van der Waals surface area contributed by atoms with Gasteiger partial charge < -0.3 is 15.2 Å². The molecule has 1 aromatic carbocycles. The number of benzene rings is 1. The molecule has 3 aromatic rings. The summed E-state index contributed by atoms with van der Waals surface area (Å²) in [6.07, 6.45) is 9.08. The molecule has 2 heterocycles. The number of aryl methyl sites for hydroxylation is 1. The second kappa shape index (κ2) is 7.22. The molecule has 2 N–H and O–H groups in total. The summed E-state index contributed by atoms with van der Waals surface area (Å²) in [5.41, 5.74) is 1.39. The lowest BCUT2D eigenvalue weighted by Crippen LogP contribution is -2.34. The molecule has 0 bridgehead atoms. The van der Waals surface area contributed by atoms with Crippen LogP contribution in [0.4, 0.5) is 14.9 Å². The molecule has 7 nitrogen and oxygen atoms in total. The number of halogens is 1. The maximum absolute atomic E-state index is 13.3. The number of nitrogens with one attached hydrogen (secondary N) is 2. The summed E-state index contributed by atoms with van der Waals surface area (Å²) in [5.74, 6) is 1.000. The van der Waals surface area contributed by atoms with Crippen molar-refractivity contribution in [3.05, 3.63) is 66.3 Å². The second-order valence-corrected chi connectivity index (χ2v) is 6.87. The summed E-state index contributed by atoms with van der Waals surface area (Å²) in [6, 6.07) is 5.97. The van der Waals surface area contributed by atoms with Gasteiger partial charge in [-0.25, -0.2) is 14.2 Å². The van der Waals surface area contributed by atoms with Gasteiger partial charge in [-0.1, -0.05) is 12.1 Å². The van der Waals surface area contributed by atoms with Gasteiger partial charge >= 0.3 is 6.03 Å². The first kappa shape index (κ1) is 17.3. The standard InChI is InChI=1S/C19H21FN6O/c1-25-8-7-21-18(25)17(14-5-6-14)24-19(27)23-16-10-22-26(12-16)11-13-3-2-4-15(20)9-13/h2-4,7-10,12,14,17H,5-6,11H2,1H3,(H2,23,24,27)/t17-/m1/s1. The van der Waals surface area contributed by atoms with Crippen LogP contribution < -0.4 is 10.6 Å². The van der Waals surface area contributed by atoms with Crippen LogP contribution in [0, 0.1) is 11.7 Å². The number of imidazole rings is 1. The maximum Gasteiger partial charge on any atom is 0.319 e. The largest absolute Gasteiger partial charge is 0.336 e. The monoisotopic (exact) mass is 368 g/mol. The molecule has 1 saturated carbocycles. The highest BCUT2D eigenvalue weighted by molar-refractivity contribution is 5.89.